The lowest BCUT2D eigenvalue weighted by Gasteiger charge is -2.18. The van der Waals surface area contributed by atoms with Gasteiger partial charge in [-0.2, -0.15) is 0 Å². The number of anilines is 3. The Morgan fingerprint density at radius 1 is 1.05 bits per heavy atom. The summed E-state index contributed by atoms with van der Waals surface area (Å²) in [5.41, 5.74) is 14.6. The van der Waals surface area contributed by atoms with E-state index in [1.54, 1.807) is 36.4 Å². The molecule has 0 aromatic heterocycles. The molecule has 0 radical (unpaired) electrons. The van der Waals surface area contributed by atoms with Crippen LogP contribution in [0, 0.1) is 0 Å². The van der Waals surface area contributed by atoms with Crippen LogP contribution in [0.1, 0.15) is 33.2 Å². The van der Waals surface area contributed by atoms with E-state index in [1.165, 1.54) is 4.90 Å². The lowest BCUT2D eigenvalue weighted by Crippen LogP contribution is -2.30. The van der Waals surface area contributed by atoms with Crippen molar-refractivity contribution in [1.29, 1.82) is 0 Å². The minimum atomic E-state index is -0.382. The zero-order valence-corrected chi connectivity index (χ0v) is 11.6. The van der Waals surface area contributed by atoms with Gasteiger partial charge in [-0.15, -0.1) is 0 Å². The zero-order valence-electron chi connectivity index (χ0n) is 11.6. The van der Waals surface area contributed by atoms with Gasteiger partial charge in [0.2, 0.25) is 0 Å². The Hall–Kier alpha value is -2.82. The van der Waals surface area contributed by atoms with Gasteiger partial charge >= 0.3 is 0 Å². The first-order chi connectivity index (χ1) is 10.0. The quantitative estimate of drug-likeness (QED) is 0.652. The SMILES string of the molecule is CCc1cc(N)ccc1N1C(=O)c2cccc(N)c2C1=O. The molecular formula is C16H15N3O2. The second-order valence-corrected chi connectivity index (χ2v) is 4.96. The van der Waals surface area contributed by atoms with Crippen LogP contribution < -0.4 is 16.4 Å². The van der Waals surface area contributed by atoms with Gasteiger partial charge in [-0.1, -0.05) is 13.0 Å². The normalized spacial score (nSPS) is 13.7. The molecule has 0 saturated carbocycles. The molecule has 2 aromatic rings. The summed E-state index contributed by atoms with van der Waals surface area (Å²) in [6.45, 7) is 1.95. The molecule has 5 nitrogen and oxygen atoms in total. The van der Waals surface area contributed by atoms with E-state index in [-0.39, 0.29) is 17.4 Å². The molecule has 0 saturated heterocycles. The third kappa shape index (κ3) is 1.86. The monoisotopic (exact) mass is 281 g/mol. The van der Waals surface area contributed by atoms with Crippen molar-refractivity contribution < 1.29 is 9.59 Å². The van der Waals surface area contributed by atoms with Crippen molar-refractivity contribution in [3.05, 3.63) is 53.1 Å². The predicted molar refractivity (Wildman–Crippen MR) is 82.2 cm³/mol. The Bertz CT molecular complexity index is 768. The van der Waals surface area contributed by atoms with Gasteiger partial charge in [-0.25, -0.2) is 4.90 Å². The maximum Gasteiger partial charge on any atom is 0.268 e. The average molecular weight is 281 g/mol. The van der Waals surface area contributed by atoms with E-state index in [2.05, 4.69) is 0 Å². The molecule has 4 N–H and O–H groups in total. The van der Waals surface area contributed by atoms with Gasteiger partial charge < -0.3 is 11.5 Å². The molecule has 1 aliphatic rings. The van der Waals surface area contributed by atoms with E-state index in [4.69, 9.17) is 11.5 Å². The van der Waals surface area contributed by atoms with Crippen LogP contribution in [-0.4, -0.2) is 11.8 Å². The van der Waals surface area contributed by atoms with Gasteiger partial charge in [0.1, 0.15) is 0 Å². The Labute approximate surface area is 122 Å². The van der Waals surface area contributed by atoms with Crippen molar-refractivity contribution in [1.82, 2.24) is 0 Å². The van der Waals surface area contributed by atoms with Crippen LogP contribution in [0.5, 0.6) is 0 Å². The fourth-order valence-electron chi connectivity index (χ4n) is 2.64. The van der Waals surface area contributed by atoms with E-state index in [1.807, 2.05) is 6.92 Å². The van der Waals surface area contributed by atoms with Crippen LogP contribution in [0.15, 0.2) is 36.4 Å². The van der Waals surface area contributed by atoms with Crippen LogP contribution in [0.3, 0.4) is 0 Å². The van der Waals surface area contributed by atoms with Crippen molar-refractivity contribution in [3.63, 3.8) is 0 Å². The number of imide groups is 1. The molecule has 1 heterocycles. The van der Waals surface area contributed by atoms with Crippen LogP contribution >= 0.6 is 0 Å². The summed E-state index contributed by atoms with van der Waals surface area (Å²) in [6, 6.07) is 10.1. The Morgan fingerprint density at radius 2 is 1.81 bits per heavy atom. The van der Waals surface area contributed by atoms with Crippen molar-refractivity contribution >= 4 is 28.9 Å². The third-order valence-corrected chi connectivity index (χ3v) is 3.67. The number of nitrogens with zero attached hydrogens (tertiary/aromatic N) is 1. The maximum atomic E-state index is 12.6. The van der Waals surface area contributed by atoms with Gasteiger partial charge in [0.05, 0.1) is 16.8 Å². The van der Waals surface area contributed by atoms with Crippen molar-refractivity contribution in [2.75, 3.05) is 16.4 Å². The van der Waals surface area contributed by atoms with E-state index in [0.29, 0.717) is 29.0 Å². The third-order valence-electron chi connectivity index (χ3n) is 3.67. The van der Waals surface area contributed by atoms with Crippen LogP contribution in [0.2, 0.25) is 0 Å². The summed E-state index contributed by atoms with van der Waals surface area (Å²) in [4.78, 5) is 26.3. The number of rotatable bonds is 2. The lowest BCUT2D eigenvalue weighted by atomic mass is 10.1. The molecule has 2 amide bonds. The fourth-order valence-corrected chi connectivity index (χ4v) is 2.64. The Kier molecular flexibility index (Phi) is 2.90. The molecule has 0 bridgehead atoms. The number of carbonyl (C=O) groups excluding carboxylic acids is 2. The van der Waals surface area contributed by atoms with E-state index < -0.39 is 0 Å². The van der Waals surface area contributed by atoms with Gasteiger partial charge in [0.25, 0.3) is 11.8 Å². The highest BCUT2D eigenvalue weighted by atomic mass is 16.2. The number of benzene rings is 2. The molecule has 1 aliphatic heterocycles. The smallest absolute Gasteiger partial charge is 0.268 e. The Balaban J connectivity index is 2.17. The Morgan fingerprint density at radius 3 is 2.48 bits per heavy atom. The first-order valence-electron chi connectivity index (χ1n) is 6.70. The molecule has 3 rings (SSSR count). The minimum Gasteiger partial charge on any atom is -0.399 e. The topological polar surface area (TPSA) is 89.4 Å². The van der Waals surface area contributed by atoms with E-state index in [0.717, 1.165) is 5.56 Å². The molecule has 5 heteroatoms. The summed E-state index contributed by atoms with van der Waals surface area (Å²) in [6.07, 6.45) is 0.670. The largest absolute Gasteiger partial charge is 0.399 e. The number of nitrogen functional groups attached to an aromatic ring is 2. The van der Waals surface area contributed by atoms with E-state index >= 15 is 0 Å². The number of fused-ring (bicyclic) bond motifs is 1. The number of nitrogens with two attached hydrogens (primary N) is 2. The van der Waals surface area contributed by atoms with Gasteiger partial charge in [0.15, 0.2) is 0 Å². The number of amides is 2. The highest BCUT2D eigenvalue weighted by molar-refractivity contribution is 6.36. The molecule has 0 aliphatic carbocycles. The zero-order chi connectivity index (χ0) is 15.1. The molecule has 0 atom stereocenters. The van der Waals surface area contributed by atoms with Gasteiger partial charge in [0, 0.05) is 11.4 Å². The first-order valence-corrected chi connectivity index (χ1v) is 6.70. The molecule has 0 spiro atoms. The number of hydrogen-bond donors (Lipinski definition) is 2. The average Bonchev–Trinajstić information content (AvgIpc) is 2.72. The number of aryl methyl sites for hydroxylation is 1. The highest BCUT2D eigenvalue weighted by Crippen LogP contribution is 2.34. The van der Waals surface area contributed by atoms with E-state index in [9.17, 15) is 9.59 Å². The molecule has 106 valence electrons. The van der Waals surface area contributed by atoms with Crippen LogP contribution in [-0.2, 0) is 6.42 Å². The predicted octanol–water partition coefficient (Wildman–Crippen LogP) is 2.21. The molecular weight excluding hydrogens is 266 g/mol. The molecule has 2 aromatic carbocycles. The highest BCUT2D eigenvalue weighted by Gasteiger charge is 2.38. The summed E-state index contributed by atoms with van der Waals surface area (Å²) in [5.74, 6) is -0.727. The second kappa shape index (κ2) is 4.63. The summed E-state index contributed by atoms with van der Waals surface area (Å²) in [5, 5.41) is 0. The van der Waals surface area contributed by atoms with Crippen molar-refractivity contribution in [2.24, 2.45) is 0 Å². The van der Waals surface area contributed by atoms with Gasteiger partial charge in [-0.05, 0) is 42.3 Å². The minimum absolute atomic E-state index is 0.279. The molecule has 0 unspecified atom stereocenters. The maximum absolute atomic E-state index is 12.6. The van der Waals surface area contributed by atoms with Crippen molar-refractivity contribution in [3.8, 4) is 0 Å². The lowest BCUT2D eigenvalue weighted by molar-refractivity contribution is 0.0926. The molecule has 21 heavy (non-hydrogen) atoms. The van der Waals surface area contributed by atoms with Crippen LogP contribution in [0.4, 0.5) is 17.1 Å². The fraction of sp³-hybridized carbons (Fsp3) is 0.125. The standard InChI is InChI=1S/C16H15N3O2/c1-2-9-8-10(17)6-7-13(9)19-15(20)11-4-3-5-12(18)14(11)16(19)21/h3-8H,2,17-18H2,1H3. The number of hydrogen-bond acceptors (Lipinski definition) is 4. The summed E-state index contributed by atoms with van der Waals surface area (Å²) < 4.78 is 0. The summed E-state index contributed by atoms with van der Waals surface area (Å²) in [7, 11) is 0. The second-order valence-electron chi connectivity index (χ2n) is 4.96. The summed E-state index contributed by atoms with van der Waals surface area (Å²) >= 11 is 0. The number of carbonyl (C=O) groups is 2. The van der Waals surface area contributed by atoms with Gasteiger partial charge in [-0.3, -0.25) is 9.59 Å². The van der Waals surface area contributed by atoms with Crippen molar-refractivity contribution in [2.45, 2.75) is 13.3 Å². The first kappa shape index (κ1) is 13.2. The molecule has 0 fully saturated rings. The van der Waals surface area contributed by atoms with Crippen LogP contribution in [0.25, 0.3) is 0 Å².